The molecular weight excluding hydrogens is 380 g/mol. The fraction of sp³-hybridized carbons (Fsp3) is 0.0345. The second-order valence-corrected chi connectivity index (χ2v) is 7.97. The molecule has 0 saturated heterocycles. The Balaban J connectivity index is 1.40. The van der Waals surface area contributed by atoms with Crippen molar-refractivity contribution in [3.05, 3.63) is 109 Å². The fourth-order valence-corrected chi connectivity index (χ4v) is 4.33. The van der Waals surface area contributed by atoms with E-state index in [1.165, 1.54) is 0 Å². The first kappa shape index (κ1) is 17.8. The third kappa shape index (κ3) is 2.88. The summed E-state index contributed by atoms with van der Waals surface area (Å²) in [5.41, 5.74) is 8.03. The maximum absolute atomic E-state index is 5.96. The lowest BCUT2D eigenvalue weighted by Gasteiger charge is -2.06. The van der Waals surface area contributed by atoms with Crippen molar-refractivity contribution >= 4 is 55.0 Å². The summed E-state index contributed by atoms with van der Waals surface area (Å²) in [7, 11) is 0. The zero-order chi connectivity index (χ0) is 20.9. The van der Waals surface area contributed by atoms with Crippen LogP contribution in [0.5, 0.6) is 0 Å². The van der Waals surface area contributed by atoms with Crippen molar-refractivity contribution in [2.75, 3.05) is 0 Å². The molecule has 0 fully saturated rings. The van der Waals surface area contributed by atoms with Gasteiger partial charge in [0.25, 0.3) is 0 Å². The van der Waals surface area contributed by atoms with Crippen LogP contribution in [0.3, 0.4) is 0 Å². The Hall–Kier alpha value is -4.04. The molecule has 0 radical (unpaired) electrons. The van der Waals surface area contributed by atoms with E-state index in [1.54, 1.807) is 0 Å². The Morgan fingerprint density at radius 3 is 1.71 bits per heavy atom. The van der Waals surface area contributed by atoms with E-state index in [9.17, 15) is 0 Å². The van der Waals surface area contributed by atoms with Gasteiger partial charge in [-0.15, -0.1) is 0 Å². The highest BCUT2D eigenvalue weighted by Gasteiger charge is 2.10. The van der Waals surface area contributed by atoms with E-state index >= 15 is 0 Å². The molecule has 31 heavy (non-hydrogen) atoms. The van der Waals surface area contributed by atoms with Crippen LogP contribution in [0.2, 0.25) is 0 Å². The summed E-state index contributed by atoms with van der Waals surface area (Å²) in [6, 6.07) is 28.9. The highest BCUT2D eigenvalue weighted by molar-refractivity contribution is 6.07. The summed E-state index contributed by atoms with van der Waals surface area (Å²) >= 11 is 0. The molecular formula is C29H20O2. The van der Waals surface area contributed by atoms with Crippen molar-refractivity contribution in [3.8, 4) is 0 Å². The van der Waals surface area contributed by atoms with Crippen molar-refractivity contribution in [1.29, 1.82) is 0 Å². The molecule has 4 aromatic carbocycles. The Kier molecular flexibility index (Phi) is 3.87. The molecule has 6 aromatic rings. The van der Waals surface area contributed by atoms with Gasteiger partial charge < -0.3 is 8.83 Å². The zero-order valence-electron chi connectivity index (χ0n) is 17.2. The predicted molar refractivity (Wildman–Crippen MR) is 130 cm³/mol. The molecule has 2 nitrogen and oxygen atoms in total. The smallest absolute Gasteiger partial charge is 0.135 e. The molecule has 0 aliphatic heterocycles. The molecule has 2 aromatic heterocycles. The van der Waals surface area contributed by atoms with Crippen LogP contribution >= 0.6 is 0 Å². The van der Waals surface area contributed by atoms with E-state index in [-0.39, 0.29) is 0 Å². The monoisotopic (exact) mass is 400 g/mol. The number of hydrogen-bond acceptors (Lipinski definition) is 2. The molecule has 0 spiro atoms. The fourth-order valence-electron chi connectivity index (χ4n) is 4.33. The molecule has 0 aliphatic rings. The number of fused-ring (bicyclic) bond motifs is 6. The highest BCUT2D eigenvalue weighted by atomic mass is 16.3. The second kappa shape index (κ2) is 6.75. The SMILES string of the molecule is C=C(/C=C(\C)c1ccc2oc3ccccc3c2c1)c1ccc2oc3ccccc3c2c1. The van der Waals surface area contributed by atoms with Crippen LogP contribution in [0.15, 0.2) is 106 Å². The number of benzene rings is 4. The third-order valence-electron chi connectivity index (χ3n) is 5.97. The lowest BCUT2D eigenvalue weighted by molar-refractivity contribution is 0.668. The number of allylic oxidation sites excluding steroid dienone is 3. The summed E-state index contributed by atoms with van der Waals surface area (Å²) in [5.74, 6) is 0. The minimum absolute atomic E-state index is 0.899. The van der Waals surface area contributed by atoms with Crippen molar-refractivity contribution in [2.45, 2.75) is 6.92 Å². The van der Waals surface area contributed by atoms with Gasteiger partial charge in [0.1, 0.15) is 22.3 Å². The maximum atomic E-state index is 5.96. The lowest BCUT2D eigenvalue weighted by atomic mass is 9.98. The van der Waals surface area contributed by atoms with Gasteiger partial charge in [-0.3, -0.25) is 0 Å². The van der Waals surface area contributed by atoms with Gasteiger partial charge in [-0.25, -0.2) is 0 Å². The maximum Gasteiger partial charge on any atom is 0.135 e. The summed E-state index contributed by atoms with van der Waals surface area (Å²) in [5, 5.41) is 4.53. The highest BCUT2D eigenvalue weighted by Crippen LogP contribution is 2.33. The van der Waals surface area contributed by atoms with Crippen LogP contribution < -0.4 is 0 Å². The van der Waals surface area contributed by atoms with Crippen LogP contribution in [-0.4, -0.2) is 0 Å². The normalized spacial score (nSPS) is 12.4. The van der Waals surface area contributed by atoms with Gasteiger partial charge in [0, 0.05) is 21.5 Å². The van der Waals surface area contributed by atoms with Gasteiger partial charge in [0.2, 0.25) is 0 Å². The zero-order valence-corrected chi connectivity index (χ0v) is 17.2. The Morgan fingerprint density at radius 1 is 0.613 bits per heavy atom. The van der Waals surface area contributed by atoms with Crippen molar-refractivity contribution in [1.82, 2.24) is 0 Å². The predicted octanol–water partition coefficient (Wildman–Crippen LogP) is 8.60. The van der Waals surface area contributed by atoms with Crippen LogP contribution in [0.4, 0.5) is 0 Å². The first-order chi connectivity index (χ1) is 15.2. The molecule has 0 bridgehead atoms. The number of furan rings is 2. The second-order valence-electron chi connectivity index (χ2n) is 7.97. The Bertz CT molecular complexity index is 1660. The molecule has 0 atom stereocenters. The molecule has 0 N–H and O–H groups in total. The standard InChI is InChI=1S/C29H20O2/c1-18(20-11-13-28-24(16-20)22-7-3-5-9-26(22)30-28)15-19(2)21-12-14-29-25(17-21)23-8-4-6-10-27(23)31-29/h3-17H,1H2,2H3/b19-15+. The number of para-hydroxylation sites is 2. The number of rotatable bonds is 3. The molecule has 2 heterocycles. The van der Waals surface area contributed by atoms with Gasteiger partial charge >= 0.3 is 0 Å². The first-order valence-corrected chi connectivity index (χ1v) is 10.4. The van der Waals surface area contributed by atoms with Gasteiger partial charge in [0.05, 0.1) is 0 Å². The lowest BCUT2D eigenvalue weighted by Crippen LogP contribution is -1.83. The summed E-state index contributed by atoms with van der Waals surface area (Å²) in [4.78, 5) is 0. The molecule has 148 valence electrons. The average Bonchev–Trinajstić information content (AvgIpc) is 3.36. The molecule has 0 saturated carbocycles. The van der Waals surface area contributed by atoms with E-state index in [0.717, 1.165) is 66.2 Å². The largest absolute Gasteiger partial charge is 0.456 e. The molecule has 6 rings (SSSR count). The summed E-state index contributed by atoms with van der Waals surface area (Å²) in [6.45, 7) is 6.46. The third-order valence-corrected chi connectivity index (χ3v) is 5.97. The van der Waals surface area contributed by atoms with E-state index in [1.807, 2.05) is 42.5 Å². The van der Waals surface area contributed by atoms with Crippen LogP contribution in [0.1, 0.15) is 18.1 Å². The first-order valence-electron chi connectivity index (χ1n) is 10.4. The van der Waals surface area contributed by atoms with Crippen LogP contribution in [0, 0.1) is 0 Å². The van der Waals surface area contributed by atoms with Gasteiger partial charge in [-0.1, -0.05) is 61.2 Å². The van der Waals surface area contributed by atoms with Gasteiger partial charge in [-0.2, -0.15) is 0 Å². The Labute approximate surface area is 179 Å². The Morgan fingerprint density at radius 2 is 1.10 bits per heavy atom. The molecule has 0 aliphatic carbocycles. The minimum Gasteiger partial charge on any atom is -0.456 e. The van der Waals surface area contributed by atoms with Crippen LogP contribution in [-0.2, 0) is 0 Å². The van der Waals surface area contributed by atoms with Crippen molar-refractivity contribution in [3.63, 3.8) is 0 Å². The topological polar surface area (TPSA) is 26.3 Å². The van der Waals surface area contributed by atoms with Crippen molar-refractivity contribution in [2.24, 2.45) is 0 Å². The van der Waals surface area contributed by atoms with E-state index in [4.69, 9.17) is 8.83 Å². The minimum atomic E-state index is 0.899. The van der Waals surface area contributed by atoms with Gasteiger partial charge in [0.15, 0.2) is 0 Å². The van der Waals surface area contributed by atoms with E-state index in [2.05, 4.69) is 62.0 Å². The van der Waals surface area contributed by atoms with Crippen molar-refractivity contribution < 1.29 is 8.83 Å². The summed E-state index contributed by atoms with van der Waals surface area (Å²) < 4.78 is 11.9. The molecule has 0 amide bonds. The molecule has 0 unspecified atom stereocenters. The quantitative estimate of drug-likeness (QED) is 0.278. The van der Waals surface area contributed by atoms with E-state index < -0.39 is 0 Å². The summed E-state index contributed by atoms with van der Waals surface area (Å²) in [6.07, 6.45) is 2.15. The molecule has 2 heteroatoms. The van der Waals surface area contributed by atoms with E-state index in [0.29, 0.717) is 0 Å². The van der Waals surface area contributed by atoms with Crippen LogP contribution in [0.25, 0.3) is 55.0 Å². The average molecular weight is 400 g/mol. The number of hydrogen-bond donors (Lipinski definition) is 0. The van der Waals surface area contributed by atoms with Gasteiger partial charge in [-0.05, 0) is 65.6 Å².